The molecule has 0 aromatic carbocycles. The molecule has 1 saturated carbocycles. The van der Waals surface area contributed by atoms with Gasteiger partial charge in [0.05, 0.1) is 6.61 Å². The third-order valence-electron chi connectivity index (χ3n) is 3.60. The van der Waals surface area contributed by atoms with E-state index in [0.717, 1.165) is 38.5 Å². The summed E-state index contributed by atoms with van der Waals surface area (Å²) in [5.41, 5.74) is 0. The van der Waals surface area contributed by atoms with Gasteiger partial charge in [-0.25, -0.2) is 0 Å². The Morgan fingerprint density at radius 1 is 1.35 bits per heavy atom. The summed E-state index contributed by atoms with van der Waals surface area (Å²) < 4.78 is 10.5. The summed E-state index contributed by atoms with van der Waals surface area (Å²) in [6.45, 7) is 4.82. The molecule has 2 aliphatic rings. The molecule has 2 fully saturated rings. The number of carbonyl (C=O) groups is 1. The van der Waals surface area contributed by atoms with Crippen LogP contribution in [-0.2, 0) is 14.3 Å². The lowest BCUT2D eigenvalue weighted by atomic mass is 9.91. The van der Waals surface area contributed by atoms with Gasteiger partial charge in [0, 0.05) is 13.2 Å². The second-order valence-electron chi connectivity index (χ2n) is 5.03. The van der Waals surface area contributed by atoms with Gasteiger partial charge in [-0.3, -0.25) is 4.79 Å². The molecule has 2 rings (SSSR count). The molecular formula is C13H23NO3. The van der Waals surface area contributed by atoms with Crippen LogP contribution in [0.2, 0.25) is 0 Å². The summed E-state index contributed by atoms with van der Waals surface area (Å²) in [6.07, 6.45) is 4.52. The highest BCUT2D eigenvalue weighted by molar-refractivity contribution is 5.76. The van der Waals surface area contributed by atoms with Crippen LogP contribution in [0.5, 0.6) is 0 Å². The van der Waals surface area contributed by atoms with Crippen LogP contribution >= 0.6 is 0 Å². The van der Waals surface area contributed by atoms with Gasteiger partial charge >= 0.3 is 5.97 Å². The monoisotopic (exact) mass is 241 g/mol. The van der Waals surface area contributed by atoms with Crippen LogP contribution in [0.3, 0.4) is 0 Å². The number of hydrogen-bond acceptors (Lipinski definition) is 4. The third-order valence-corrected chi connectivity index (χ3v) is 3.60. The summed E-state index contributed by atoms with van der Waals surface area (Å²) in [5.74, 6) is 1.08. The zero-order valence-electron chi connectivity index (χ0n) is 10.6. The molecule has 1 saturated heterocycles. The van der Waals surface area contributed by atoms with Crippen LogP contribution in [0.1, 0.15) is 32.6 Å². The quantitative estimate of drug-likeness (QED) is 0.713. The predicted molar refractivity (Wildman–Crippen MR) is 64.7 cm³/mol. The molecule has 4 nitrogen and oxygen atoms in total. The van der Waals surface area contributed by atoms with Gasteiger partial charge in [0.25, 0.3) is 0 Å². The van der Waals surface area contributed by atoms with E-state index in [-0.39, 0.29) is 12.0 Å². The zero-order valence-corrected chi connectivity index (χ0v) is 10.6. The molecule has 1 aliphatic carbocycles. The minimum Gasteiger partial charge on any atom is -0.465 e. The van der Waals surface area contributed by atoms with Gasteiger partial charge in [-0.2, -0.15) is 0 Å². The van der Waals surface area contributed by atoms with Gasteiger partial charge in [0.1, 0.15) is 6.04 Å². The van der Waals surface area contributed by atoms with E-state index in [1.54, 1.807) is 0 Å². The SMILES string of the molecule is CCOC(=O)C(NCC1CC1)C1CCOCC1. The average Bonchev–Trinajstić information content (AvgIpc) is 3.15. The topological polar surface area (TPSA) is 47.6 Å². The van der Waals surface area contributed by atoms with Crippen LogP contribution in [-0.4, -0.2) is 38.4 Å². The fourth-order valence-electron chi connectivity index (χ4n) is 2.34. The van der Waals surface area contributed by atoms with Crippen LogP contribution in [0.15, 0.2) is 0 Å². The van der Waals surface area contributed by atoms with Crippen molar-refractivity contribution < 1.29 is 14.3 Å². The molecular weight excluding hydrogens is 218 g/mol. The first-order valence-corrected chi connectivity index (χ1v) is 6.79. The van der Waals surface area contributed by atoms with Crippen molar-refractivity contribution in [2.45, 2.75) is 38.6 Å². The molecule has 1 atom stereocenters. The Morgan fingerprint density at radius 3 is 2.65 bits per heavy atom. The Balaban J connectivity index is 1.86. The van der Waals surface area contributed by atoms with E-state index in [0.29, 0.717) is 12.5 Å². The highest BCUT2D eigenvalue weighted by Crippen LogP contribution is 2.28. The molecule has 17 heavy (non-hydrogen) atoms. The van der Waals surface area contributed by atoms with Gasteiger partial charge in [-0.1, -0.05) is 0 Å². The van der Waals surface area contributed by atoms with Crippen molar-refractivity contribution in [3.63, 3.8) is 0 Å². The maximum absolute atomic E-state index is 11.9. The number of nitrogens with one attached hydrogen (secondary N) is 1. The second-order valence-corrected chi connectivity index (χ2v) is 5.03. The van der Waals surface area contributed by atoms with E-state index in [9.17, 15) is 4.79 Å². The standard InChI is InChI=1S/C13H23NO3/c1-2-17-13(15)12(14-9-10-3-4-10)11-5-7-16-8-6-11/h10-12,14H,2-9H2,1H3. The molecule has 4 heteroatoms. The smallest absolute Gasteiger partial charge is 0.323 e. The van der Waals surface area contributed by atoms with Crippen molar-refractivity contribution in [3.05, 3.63) is 0 Å². The molecule has 0 radical (unpaired) electrons. The van der Waals surface area contributed by atoms with E-state index in [1.807, 2.05) is 6.92 Å². The Bertz CT molecular complexity index is 247. The molecule has 0 aromatic rings. The Morgan fingerprint density at radius 2 is 2.06 bits per heavy atom. The molecule has 98 valence electrons. The summed E-state index contributed by atoms with van der Waals surface area (Å²) in [7, 11) is 0. The van der Waals surface area contributed by atoms with E-state index < -0.39 is 0 Å². The van der Waals surface area contributed by atoms with Crippen LogP contribution < -0.4 is 5.32 Å². The van der Waals surface area contributed by atoms with Crippen molar-refractivity contribution in [3.8, 4) is 0 Å². The summed E-state index contributed by atoms with van der Waals surface area (Å²) >= 11 is 0. The van der Waals surface area contributed by atoms with Crippen LogP contribution in [0.25, 0.3) is 0 Å². The minimum absolute atomic E-state index is 0.0833. The predicted octanol–water partition coefficient (Wildman–Crippen LogP) is 1.34. The average molecular weight is 241 g/mol. The number of hydrogen-bond donors (Lipinski definition) is 1. The zero-order chi connectivity index (χ0) is 12.1. The molecule has 1 unspecified atom stereocenters. The molecule has 0 bridgehead atoms. The Kier molecular flexibility index (Phi) is 4.80. The Labute approximate surface area is 103 Å². The van der Waals surface area contributed by atoms with Gasteiger partial charge in [0.2, 0.25) is 0 Å². The van der Waals surface area contributed by atoms with Crippen molar-refractivity contribution in [1.29, 1.82) is 0 Å². The van der Waals surface area contributed by atoms with Gasteiger partial charge in [-0.05, 0) is 51.0 Å². The van der Waals surface area contributed by atoms with Crippen molar-refractivity contribution in [2.24, 2.45) is 11.8 Å². The molecule has 1 aliphatic heterocycles. The second kappa shape index (κ2) is 6.36. The minimum atomic E-state index is -0.126. The van der Waals surface area contributed by atoms with E-state index in [4.69, 9.17) is 9.47 Å². The highest BCUT2D eigenvalue weighted by Gasteiger charge is 2.32. The lowest BCUT2D eigenvalue weighted by molar-refractivity contribution is -0.148. The number of ether oxygens (including phenoxy) is 2. The fourth-order valence-corrected chi connectivity index (χ4v) is 2.34. The first-order valence-electron chi connectivity index (χ1n) is 6.79. The first kappa shape index (κ1) is 12.8. The van der Waals surface area contributed by atoms with E-state index in [1.165, 1.54) is 12.8 Å². The molecule has 0 aromatic heterocycles. The van der Waals surface area contributed by atoms with Crippen LogP contribution in [0.4, 0.5) is 0 Å². The van der Waals surface area contributed by atoms with E-state index in [2.05, 4.69) is 5.32 Å². The lowest BCUT2D eigenvalue weighted by Crippen LogP contribution is -2.46. The lowest BCUT2D eigenvalue weighted by Gasteiger charge is -2.29. The Hall–Kier alpha value is -0.610. The van der Waals surface area contributed by atoms with Gasteiger partial charge < -0.3 is 14.8 Å². The fraction of sp³-hybridized carbons (Fsp3) is 0.923. The van der Waals surface area contributed by atoms with E-state index >= 15 is 0 Å². The highest BCUT2D eigenvalue weighted by atomic mass is 16.5. The van der Waals surface area contributed by atoms with Gasteiger partial charge in [0.15, 0.2) is 0 Å². The molecule has 1 N–H and O–H groups in total. The summed E-state index contributed by atoms with van der Waals surface area (Å²) in [4.78, 5) is 11.9. The third kappa shape index (κ3) is 3.96. The van der Waals surface area contributed by atoms with Crippen molar-refractivity contribution >= 4 is 5.97 Å². The molecule has 1 heterocycles. The van der Waals surface area contributed by atoms with Crippen molar-refractivity contribution in [2.75, 3.05) is 26.4 Å². The number of carbonyl (C=O) groups excluding carboxylic acids is 1. The first-order chi connectivity index (χ1) is 8.31. The maximum atomic E-state index is 11.9. The number of esters is 1. The maximum Gasteiger partial charge on any atom is 0.323 e. The molecule has 0 amide bonds. The summed E-state index contributed by atoms with van der Waals surface area (Å²) in [6, 6.07) is -0.126. The van der Waals surface area contributed by atoms with Crippen LogP contribution in [0, 0.1) is 11.8 Å². The normalized spacial score (nSPS) is 23.4. The molecule has 0 spiro atoms. The van der Waals surface area contributed by atoms with Crippen molar-refractivity contribution in [1.82, 2.24) is 5.32 Å². The number of rotatable bonds is 6. The largest absolute Gasteiger partial charge is 0.465 e. The summed E-state index contributed by atoms with van der Waals surface area (Å²) in [5, 5.41) is 3.41. The van der Waals surface area contributed by atoms with Gasteiger partial charge in [-0.15, -0.1) is 0 Å².